The number of benzene rings is 2. The SMILES string of the molecule is CNC(=O)c1cccc(NCc2ccc(O)c(Cl)c2)c1. The van der Waals surface area contributed by atoms with Crippen molar-refractivity contribution in [3.63, 3.8) is 0 Å². The first-order valence-corrected chi connectivity index (χ1v) is 6.51. The molecule has 0 fully saturated rings. The molecule has 0 saturated carbocycles. The van der Waals surface area contributed by atoms with Crippen molar-refractivity contribution in [2.24, 2.45) is 0 Å². The van der Waals surface area contributed by atoms with Gasteiger partial charge in [0.05, 0.1) is 5.02 Å². The number of hydrogen-bond donors (Lipinski definition) is 3. The fourth-order valence-corrected chi connectivity index (χ4v) is 1.98. The van der Waals surface area contributed by atoms with Crippen LogP contribution in [0.4, 0.5) is 5.69 Å². The molecule has 1 amide bonds. The molecule has 20 heavy (non-hydrogen) atoms. The number of halogens is 1. The van der Waals surface area contributed by atoms with Gasteiger partial charge >= 0.3 is 0 Å². The van der Waals surface area contributed by atoms with Crippen molar-refractivity contribution >= 4 is 23.2 Å². The van der Waals surface area contributed by atoms with E-state index in [0.717, 1.165) is 11.3 Å². The predicted molar refractivity (Wildman–Crippen MR) is 80.3 cm³/mol. The molecular weight excluding hydrogens is 276 g/mol. The maximum absolute atomic E-state index is 11.5. The van der Waals surface area contributed by atoms with Gasteiger partial charge in [0, 0.05) is 24.8 Å². The molecule has 0 atom stereocenters. The number of rotatable bonds is 4. The van der Waals surface area contributed by atoms with Gasteiger partial charge in [-0.05, 0) is 35.9 Å². The van der Waals surface area contributed by atoms with Crippen LogP contribution in [0.1, 0.15) is 15.9 Å². The molecule has 5 heteroatoms. The summed E-state index contributed by atoms with van der Waals surface area (Å²) in [5.41, 5.74) is 2.38. The maximum Gasteiger partial charge on any atom is 0.251 e. The molecule has 2 rings (SSSR count). The number of hydrogen-bond acceptors (Lipinski definition) is 3. The predicted octanol–water partition coefficient (Wildman–Crippen LogP) is 3.02. The third-order valence-corrected chi connectivity index (χ3v) is 3.16. The van der Waals surface area contributed by atoms with Crippen LogP contribution in [0.3, 0.4) is 0 Å². The Balaban J connectivity index is 2.07. The summed E-state index contributed by atoms with van der Waals surface area (Å²) in [6.07, 6.45) is 0. The third kappa shape index (κ3) is 3.42. The summed E-state index contributed by atoms with van der Waals surface area (Å²) >= 11 is 5.85. The second-order valence-electron chi connectivity index (χ2n) is 4.30. The normalized spacial score (nSPS) is 10.1. The summed E-state index contributed by atoms with van der Waals surface area (Å²) in [6, 6.07) is 12.3. The first-order valence-electron chi connectivity index (χ1n) is 6.13. The Morgan fingerprint density at radius 3 is 2.75 bits per heavy atom. The molecule has 2 aromatic carbocycles. The zero-order valence-electron chi connectivity index (χ0n) is 11.0. The van der Waals surface area contributed by atoms with Gasteiger partial charge in [0.15, 0.2) is 0 Å². The minimum Gasteiger partial charge on any atom is -0.506 e. The van der Waals surface area contributed by atoms with Crippen molar-refractivity contribution < 1.29 is 9.90 Å². The van der Waals surface area contributed by atoms with E-state index in [0.29, 0.717) is 17.1 Å². The van der Waals surface area contributed by atoms with Crippen LogP contribution < -0.4 is 10.6 Å². The molecule has 0 bridgehead atoms. The van der Waals surface area contributed by atoms with Crippen LogP contribution in [-0.2, 0) is 6.54 Å². The Morgan fingerprint density at radius 2 is 2.05 bits per heavy atom. The molecule has 0 aromatic heterocycles. The molecule has 0 aliphatic carbocycles. The summed E-state index contributed by atoms with van der Waals surface area (Å²) in [5.74, 6) is -0.0571. The number of anilines is 1. The van der Waals surface area contributed by atoms with E-state index in [-0.39, 0.29) is 11.7 Å². The Bertz CT molecular complexity index is 629. The number of amides is 1. The Labute approximate surface area is 122 Å². The Morgan fingerprint density at radius 1 is 1.25 bits per heavy atom. The number of phenolic OH excluding ortho intramolecular Hbond substituents is 1. The van der Waals surface area contributed by atoms with Crippen LogP contribution in [0, 0.1) is 0 Å². The minimum absolute atomic E-state index is 0.0667. The Kier molecular flexibility index (Phi) is 4.48. The smallest absolute Gasteiger partial charge is 0.251 e. The fourth-order valence-electron chi connectivity index (χ4n) is 1.78. The largest absolute Gasteiger partial charge is 0.506 e. The van der Waals surface area contributed by atoms with Gasteiger partial charge in [-0.2, -0.15) is 0 Å². The quantitative estimate of drug-likeness (QED) is 0.811. The fraction of sp³-hybridized carbons (Fsp3) is 0.133. The van der Waals surface area contributed by atoms with E-state index in [1.165, 1.54) is 0 Å². The lowest BCUT2D eigenvalue weighted by Crippen LogP contribution is -2.17. The molecule has 0 heterocycles. The van der Waals surface area contributed by atoms with Gasteiger partial charge in [0.25, 0.3) is 5.91 Å². The van der Waals surface area contributed by atoms with Crippen molar-refractivity contribution in [3.8, 4) is 5.75 Å². The monoisotopic (exact) mass is 290 g/mol. The molecule has 0 spiro atoms. The van der Waals surface area contributed by atoms with Gasteiger partial charge in [-0.25, -0.2) is 0 Å². The molecule has 2 aromatic rings. The van der Waals surface area contributed by atoms with Gasteiger partial charge < -0.3 is 15.7 Å². The van der Waals surface area contributed by atoms with E-state index in [1.54, 1.807) is 37.4 Å². The summed E-state index contributed by atoms with van der Waals surface area (Å²) in [5, 5.41) is 15.5. The van der Waals surface area contributed by atoms with Crippen LogP contribution >= 0.6 is 11.6 Å². The second kappa shape index (κ2) is 6.30. The molecule has 4 nitrogen and oxygen atoms in total. The van der Waals surface area contributed by atoms with Crippen molar-refractivity contribution in [2.45, 2.75) is 6.54 Å². The lowest BCUT2D eigenvalue weighted by molar-refractivity contribution is 0.0963. The summed E-state index contributed by atoms with van der Waals surface area (Å²) in [6.45, 7) is 0.553. The van der Waals surface area contributed by atoms with Gasteiger partial charge in [0.1, 0.15) is 5.75 Å². The van der Waals surface area contributed by atoms with E-state index in [1.807, 2.05) is 12.1 Å². The first kappa shape index (κ1) is 14.2. The molecular formula is C15H15ClN2O2. The van der Waals surface area contributed by atoms with Crippen LogP contribution in [0.5, 0.6) is 5.75 Å². The van der Waals surface area contributed by atoms with Crippen LogP contribution in [0.15, 0.2) is 42.5 Å². The highest BCUT2D eigenvalue weighted by molar-refractivity contribution is 6.32. The highest BCUT2D eigenvalue weighted by Crippen LogP contribution is 2.24. The molecule has 0 radical (unpaired) electrons. The lowest BCUT2D eigenvalue weighted by atomic mass is 10.1. The maximum atomic E-state index is 11.5. The zero-order valence-corrected chi connectivity index (χ0v) is 11.7. The number of carbonyl (C=O) groups is 1. The van der Waals surface area contributed by atoms with Crippen molar-refractivity contribution in [2.75, 3.05) is 12.4 Å². The van der Waals surface area contributed by atoms with Gasteiger partial charge in [-0.3, -0.25) is 4.79 Å². The molecule has 0 aliphatic rings. The third-order valence-electron chi connectivity index (χ3n) is 2.86. The summed E-state index contributed by atoms with van der Waals surface area (Å²) < 4.78 is 0. The van der Waals surface area contributed by atoms with E-state index >= 15 is 0 Å². The van der Waals surface area contributed by atoms with Crippen molar-refractivity contribution in [1.29, 1.82) is 0 Å². The van der Waals surface area contributed by atoms with E-state index in [9.17, 15) is 9.90 Å². The van der Waals surface area contributed by atoms with Crippen LogP contribution in [-0.4, -0.2) is 18.1 Å². The average molecular weight is 291 g/mol. The highest BCUT2D eigenvalue weighted by Gasteiger charge is 2.04. The summed E-state index contributed by atoms with van der Waals surface area (Å²) in [4.78, 5) is 11.5. The van der Waals surface area contributed by atoms with Gasteiger partial charge in [-0.1, -0.05) is 23.7 Å². The second-order valence-corrected chi connectivity index (χ2v) is 4.71. The number of phenols is 1. The minimum atomic E-state index is -0.124. The van der Waals surface area contributed by atoms with Crippen molar-refractivity contribution in [1.82, 2.24) is 5.32 Å². The highest BCUT2D eigenvalue weighted by atomic mass is 35.5. The van der Waals surface area contributed by atoms with E-state index in [2.05, 4.69) is 10.6 Å². The molecule has 0 aliphatic heterocycles. The molecule has 104 valence electrons. The number of nitrogens with one attached hydrogen (secondary N) is 2. The lowest BCUT2D eigenvalue weighted by Gasteiger charge is -2.09. The van der Waals surface area contributed by atoms with E-state index < -0.39 is 0 Å². The molecule has 3 N–H and O–H groups in total. The zero-order chi connectivity index (χ0) is 14.5. The Hall–Kier alpha value is -2.20. The average Bonchev–Trinajstić information content (AvgIpc) is 2.48. The number of aromatic hydroxyl groups is 1. The van der Waals surface area contributed by atoms with Gasteiger partial charge in [-0.15, -0.1) is 0 Å². The topological polar surface area (TPSA) is 61.4 Å². The molecule has 0 saturated heterocycles. The van der Waals surface area contributed by atoms with Crippen molar-refractivity contribution in [3.05, 3.63) is 58.6 Å². The van der Waals surface area contributed by atoms with Gasteiger partial charge in [0.2, 0.25) is 0 Å². The first-order chi connectivity index (χ1) is 9.60. The van der Waals surface area contributed by atoms with E-state index in [4.69, 9.17) is 11.6 Å². The van der Waals surface area contributed by atoms with Crippen LogP contribution in [0.25, 0.3) is 0 Å². The standard InChI is InChI=1S/C15H15ClN2O2/c1-17-15(20)11-3-2-4-12(8-11)18-9-10-5-6-14(19)13(16)7-10/h2-8,18-19H,9H2,1H3,(H,17,20). The summed E-state index contributed by atoms with van der Waals surface area (Å²) in [7, 11) is 1.60. The molecule has 0 unspecified atom stereocenters. The number of carbonyl (C=O) groups excluding carboxylic acids is 1. The van der Waals surface area contributed by atoms with Crippen LogP contribution in [0.2, 0.25) is 5.02 Å².